The van der Waals surface area contributed by atoms with Crippen LogP contribution in [0.1, 0.15) is 17.3 Å². The van der Waals surface area contributed by atoms with Crippen LogP contribution in [0.2, 0.25) is 0 Å². The smallest absolute Gasteiger partial charge is 0.351 e. The molecular weight excluding hydrogens is 260 g/mol. The Kier molecular flexibility index (Phi) is 4.20. The summed E-state index contributed by atoms with van der Waals surface area (Å²) in [5, 5.41) is 0.624. The minimum absolute atomic E-state index is 0.112. The molecule has 0 saturated carbocycles. The summed E-state index contributed by atoms with van der Waals surface area (Å²) < 4.78 is 15.3. The first-order chi connectivity index (χ1) is 9.65. The van der Waals surface area contributed by atoms with Crippen LogP contribution in [0.3, 0.4) is 0 Å². The third kappa shape index (κ3) is 2.88. The van der Waals surface area contributed by atoms with Crippen LogP contribution in [-0.4, -0.2) is 19.2 Å². The summed E-state index contributed by atoms with van der Waals surface area (Å²) in [5.74, 6) is -0.125. The normalized spacial score (nSPS) is 10.2. The van der Waals surface area contributed by atoms with E-state index in [1.54, 1.807) is 31.2 Å². The van der Waals surface area contributed by atoms with Gasteiger partial charge in [-0.05, 0) is 25.1 Å². The topological polar surface area (TPSA) is 65.7 Å². The van der Waals surface area contributed by atoms with Crippen LogP contribution >= 0.6 is 0 Å². The first-order valence-corrected chi connectivity index (χ1v) is 6.14. The van der Waals surface area contributed by atoms with Gasteiger partial charge < -0.3 is 13.9 Å². The Morgan fingerprint density at radius 1 is 1.40 bits per heavy atom. The molecule has 0 N–H and O–H groups in total. The van der Waals surface area contributed by atoms with Crippen molar-refractivity contribution in [2.75, 3.05) is 13.2 Å². The number of carbonyl (C=O) groups excluding carboxylic acids is 1. The van der Waals surface area contributed by atoms with Crippen molar-refractivity contribution in [3.63, 3.8) is 0 Å². The molecule has 0 aliphatic heterocycles. The summed E-state index contributed by atoms with van der Waals surface area (Å²) in [6.07, 6.45) is 1.62. The zero-order valence-corrected chi connectivity index (χ0v) is 11.0. The van der Waals surface area contributed by atoms with Crippen molar-refractivity contribution in [3.8, 4) is 5.75 Å². The van der Waals surface area contributed by atoms with E-state index in [4.69, 9.17) is 13.9 Å². The van der Waals surface area contributed by atoms with E-state index in [9.17, 15) is 9.59 Å². The first-order valence-electron chi connectivity index (χ1n) is 6.14. The number of fused-ring (bicyclic) bond motifs is 1. The minimum atomic E-state index is -0.725. The fourth-order valence-electron chi connectivity index (χ4n) is 1.69. The molecule has 5 nitrogen and oxygen atoms in total. The van der Waals surface area contributed by atoms with Crippen LogP contribution in [0.5, 0.6) is 5.75 Å². The van der Waals surface area contributed by atoms with Crippen molar-refractivity contribution in [2.24, 2.45) is 0 Å². The van der Waals surface area contributed by atoms with Gasteiger partial charge in [0.2, 0.25) is 0 Å². The van der Waals surface area contributed by atoms with Crippen molar-refractivity contribution in [1.82, 2.24) is 0 Å². The van der Waals surface area contributed by atoms with Gasteiger partial charge in [0, 0.05) is 11.5 Å². The summed E-state index contributed by atoms with van der Waals surface area (Å²) in [6.45, 7) is 5.78. The lowest BCUT2D eigenvalue weighted by Gasteiger charge is -2.05. The van der Waals surface area contributed by atoms with Crippen LogP contribution in [0.4, 0.5) is 0 Å². The predicted molar refractivity (Wildman–Crippen MR) is 74.1 cm³/mol. The molecule has 0 aliphatic carbocycles. The Morgan fingerprint density at radius 3 is 2.90 bits per heavy atom. The average molecular weight is 274 g/mol. The van der Waals surface area contributed by atoms with E-state index >= 15 is 0 Å². The highest BCUT2D eigenvalue weighted by Crippen LogP contribution is 2.20. The zero-order valence-electron chi connectivity index (χ0n) is 11.0. The second kappa shape index (κ2) is 6.06. The Bertz CT molecular complexity index is 699. The van der Waals surface area contributed by atoms with Crippen molar-refractivity contribution in [1.29, 1.82) is 0 Å². The van der Waals surface area contributed by atoms with Gasteiger partial charge in [-0.3, -0.25) is 0 Å². The first kappa shape index (κ1) is 13.9. The molecule has 5 heteroatoms. The highest BCUT2D eigenvalue weighted by atomic mass is 16.5. The lowest BCUT2D eigenvalue weighted by Crippen LogP contribution is -2.16. The van der Waals surface area contributed by atoms with Gasteiger partial charge in [0.15, 0.2) is 0 Å². The van der Waals surface area contributed by atoms with Crippen molar-refractivity contribution < 1.29 is 18.7 Å². The number of ether oxygens (including phenoxy) is 2. The van der Waals surface area contributed by atoms with Gasteiger partial charge in [0.05, 0.1) is 6.61 Å². The molecule has 0 radical (unpaired) electrons. The summed E-state index contributed by atoms with van der Waals surface area (Å²) >= 11 is 0. The maximum absolute atomic E-state index is 11.8. The van der Waals surface area contributed by atoms with Crippen LogP contribution in [0, 0.1) is 0 Å². The quantitative estimate of drug-likeness (QED) is 0.476. The number of rotatable bonds is 5. The number of esters is 1. The molecule has 0 amide bonds. The van der Waals surface area contributed by atoms with Crippen LogP contribution in [-0.2, 0) is 4.74 Å². The van der Waals surface area contributed by atoms with E-state index in [0.717, 1.165) is 0 Å². The van der Waals surface area contributed by atoms with E-state index in [1.807, 2.05) is 0 Å². The van der Waals surface area contributed by atoms with Gasteiger partial charge in [-0.1, -0.05) is 12.7 Å². The summed E-state index contributed by atoms with van der Waals surface area (Å²) in [7, 11) is 0. The molecule has 0 saturated heterocycles. The summed E-state index contributed by atoms with van der Waals surface area (Å²) in [4.78, 5) is 23.3. The summed E-state index contributed by atoms with van der Waals surface area (Å²) in [6, 6.07) is 6.48. The Hall–Kier alpha value is -2.56. The Morgan fingerprint density at radius 2 is 2.20 bits per heavy atom. The molecule has 20 heavy (non-hydrogen) atoms. The number of hydrogen-bond donors (Lipinski definition) is 0. The average Bonchev–Trinajstić information content (AvgIpc) is 2.44. The molecule has 2 aromatic rings. The van der Waals surface area contributed by atoms with Gasteiger partial charge in [-0.2, -0.15) is 0 Å². The molecule has 104 valence electrons. The van der Waals surface area contributed by atoms with Gasteiger partial charge in [0.1, 0.15) is 23.5 Å². The van der Waals surface area contributed by atoms with Crippen LogP contribution in [0.25, 0.3) is 11.0 Å². The van der Waals surface area contributed by atoms with Gasteiger partial charge >= 0.3 is 11.6 Å². The van der Waals surface area contributed by atoms with E-state index < -0.39 is 11.6 Å². The van der Waals surface area contributed by atoms with Crippen LogP contribution < -0.4 is 10.4 Å². The van der Waals surface area contributed by atoms with E-state index in [-0.39, 0.29) is 12.2 Å². The molecule has 0 spiro atoms. The number of hydrogen-bond acceptors (Lipinski definition) is 5. The van der Waals surface area contributed by atoms with Crippen molar-refractivity contribution in [2.45, 2.75) is 6.92 Å². The van der Waals surface area contributed by atoms with E-state index in [2.05, 4.69) is 6.58 Å². The number of benzene rings is 1. The SMILES string of the molecule is C=CCOc1ccc2cc(C(=O)OCC)c(=O)oc2c1. The number of carbonyl (C=O) groups is 1. The van der Waals surface area contributed by atoms with Crippen molar-refractivity contribution >= 4 is 16.9 Å². The monoisotopic (exact) mass is 274 g/mol. The molecule has 0 unspecified atom stereocenters. The second-order valence-electron chi connectivity index (χ2n) is 3.97. The minimum Gasteiger partial charge on any atom is -0.489 e. The molecule has 1 aromatic carbocycles. The highest BCUT2D eigenvalue weighted by Gasteiger charge is 2.14. The third-order valence-electron chi connectivity index (χ3n) is 2.57. The lowest BCUT2D eigenvalue weighted by atomic mass is 10.2. The standard InChI is InChI=1S/C15H14O5/c1-3-7-19-11-6-5-10-8-12(14(16)18-4-2)15(17)20-13(10)9-11/h3,5-6,8-9H,1,4,7H2,2H3. The molecule has 0 bridgehead atoms. The van der Waals surface area contributed by atoms with Gasteiger partial charge in [0.25, 0.3) is 0 Å². The molecule has 2 rings (SSSR count). The second-order valence-corrected chi connectivity index (χ2v) is 3.97. The maximum Gasteiger partial charge on any atom is 0.351 e. The Labute approximate surface area is 115 Å². The predicted octanol–water partition coefficient (Wildman–Crippen LogP) is 2.53. The molecule has 1 aromatic heterocycles. The molecule has 0 fully saturated rings. The highest BCUT2D eigenvalue weighted by molar-refractivity contribution is 5.93. The van der Waals surface area contributed by atoms with Crippen LogP contribution in [0.15, 0.2) is 46.1 Å². The molecule has 0 aliphatic rings. The fraction of sp³-hybridized carbons (Fsp3) is 0.200. The molecule has 1 heterocycles. The zero-order chi connectivity index (χ0) is 14.5. The van der Waals surface area contributed by atoms with Crippen molar-refractivity contribution in [3.05, 3.63) is 52.9 Å². The Balaban J connectivity index is 2.43. The van der Waals surface area contributed by atoms with Gasteiger partial charge in [-0.25, -0.2) is 9.59 Å². The lowest BCUT2D eigenvalue weighted by molar-refractivity contribution is 0.0522. The molecule has 0 atom stereocenters. The van der Waals surface area contributed by atoms with Gasteiger partial charge in [-0.15, -0.1) is 0 Å². The molecular formula is C15H14O5. The largest absolute Gasteiger partial charge is 0.489 e. The summed E-state index contributed by atoms with van der Waals surface area (Å²) in [5.41, 5.74) is -0.486. The third-order valence-corrected chi connectivity index (χ3v) is 2.57. The van der Waals surface area contributed by atoms with E-state index in [0.29, 0.717) is 23.3 Å². The fourth-order valence-corrected chi connectivity index (χ4v) is 1.69. The maximum atomic E-state index is 11.8. The van der Waals surface area contributed by atoms with E-state index in [1.165, 1.54) is 6.07 Å².